The van der Waals surface area contributed by atoms with E-state index in [0.29, 0.717) is 28.8 Å². The lowest BCUT2D eigenvalue weighted by Gasteiger charge is -2.10. The molecule has 0 bridgehead atoms. The molecule has 2 N–H and O–H groups in total. The van der Waals surface area contributed by atoms with Crippen LogP contribution in [0.4, 0.5) is 5.69 Å². The number of nitrogens with one attached hydrogen (secondary N) is 1. The fourth-order valence-electron chi connectivity index (χ4n) is 2.77. The van der Waals surface area contributed by atoms with Crippen molar-refractivity contribution in [2.45, 2.75) is 11.7 Å². The molecule has 1 amide bonds. The molecular formula is C21H19BrN4O4S. The number of ether oxygens (including phenoxy) is 1. The molecule has 8 nitrogen and oxygen atoms in total. The number of nitrogens with zero attached hydrogens (tertiary/aromatic N) is 3. The van der Waals surface area contributed by atoms with Crippen LogP contribution in [-0.4, -0.2) is 44.6 Å². The maximum atomic E-state index is 12.5. The van der Waals surface area contributed by atoms with Crippen molar-refractivity contribution in [3.05, 3.63) is 65.2 Å². The number of rotatable bonds is 8. The molecule has 0 spiro atoms. The van der Waals surface area contributed by atoms with Gasteiger partial charge in [0.15, 0.2) is 11.0 Å². The second-order valence-corrected chi connectivity index (χ2v) is 8.10. The maximum absolute atomic E-state index is 12.5. The highest BCUT2D eigenvalue weighted by Crippen LogP contribution is 2.32. The first kappa shape index (κ1) is 22.6. The molecule has 0 aliphatic carbocycles. The third-order valence-electron chi connectivity index (χ3n) is 4.17. The van der Waals surface area contributed by atoms with E-state index in [1.165, 1.54) is 18.9 Å². The molecule has 0 saturated heterocycles. The number of anilines is 1. The van der Waals surface area contributed by atoms with E-state index < -0.39 is 5.97 Å². The topological polar surface area (TPSA) is 106 Å². The summed E-state index contributed by atoms with van der Waals surface area (Å²) in [5, 5.41) is 21.8. The summed E-state index contributed by atoms with van der Waals surface area (Å²) < 4.78 is 7.29. The van der Waals surface area contributed by atoms with Gasteiger partial charge in [-0.15, -0.1) is 16.8 Å². The van der Waals surface area contributed by atoms with Gasteiger partial charge in [-0.05, 0) is 30.3 Å². The van der Waals surface area contributed by atoms with Gasteiger partial charge in [0.1, 0.15) is 5.75 Å². The van der Waals surface area contributed by atoms with Crippen LogP contribution >= 0.6 is 27.7 Å². The summed E-state index contributed by atoms with van der Waals surface area (Å²) in [4.78, 5) is 24.4. The standard InChI is InChI=1S/C21H19BrN4O4S/c1-3-10-26-19(15-11-13(22)8-9-17(15)27)24-25-21(26)31-12-18(28)23-16-7-5-4-6-14(16)20(29)30-2/h3-9,11,27H,1,10,12H2,2H3,(H,23,28). The highest BCUT2D eigenvalue weighted by atomic mass is 79.9. The summed E-state index contributed by atoms with van der Waals surface area (Å²) >= 11 is 4.57. The molecule has 3 aromatic rings. The van der Waals surface area contributed by atoms with E-state index in [-0.39, 0.29) is 23.0 Å². The number of esters is 1. The van der Waals surface area contributed by atoms with Gasteiger partial charge in [0.2, 0.25) is 5.91 Å². The SMILES string of the molecule is C=CCn1c(SCC(=O)Nc2ccccc2C(=O)OC)nnc1-c1cc(Br)ccc1O. The van der Waals surface area contributed by atoms with E-state index in [4.69, 9.17) is 4.74 Å². The number of aromatic hydroxyl groups is 1. The average Bonchev–Trinajstić information content (AvgIpc) is 3.16. The van der Waals surface area contributed by atoms with Gasteiger partial charge in [-0.25, -0.2) is 4.79 Å². The van der Waals surface area contributed by atoms with E-state index in [2.05, 4.69) is 38.0 Å². The lowest BCUT2D eigenvalue weighted by Crippen LogP contribution is -2.17. The molecular weight excluding hydrogens is 484 g/mol. The summed E-state index contributed by atoms with van der Waals surface area (Å²) in [6.07, 6.45) is 1.68. The Hall–Kier alpha value is -3.11. The van der Waals surface area contributed by atoms with Gasteiger partial charge >= 0.3 is 5.97 Å². The van der Waals surface area contributed by atoms with Crippen molar-refractivity contribution in [3.63, 3.8) is 0 Å². The first-order valence-corrected chi connectivity index (χ1v) is 10.9. The minimum Gasteiger partial charge on any atom is -0.507 e. The number of methoxy groups -OCH3 is 1. The number of hydrogen-bond acceptors (Lipinski definition) is 7. The number of carbonyl (C=O) groups excluding carboxylic acids is 2. The van der Waals surface area contributed by atoms with E-state index in [0.717, 1.165) is 4.47 Å². The minimum absolute atomic E-state index is 0.0370. The van der Waals surface area contributed by atoms with E-state index in [1.807, 2.05) is 0 Å². The monoisotopic (exact) mass is 502 g/mol. The van der Waals surface area contributed by atoms with E-state index >= 15 is 0 Å². The van der Waals surface area contributed by atoms with Gasteiger partial charge in [0.25, 0.3) is 0 Å². The second-order valence-electron chi connectivity index (χ2n) is 6.24. The average molecular weight is 503 g/mol. The maximum Gasteiger partial charge on any atom is 0.339 e. The van der Waals surface area contributed by atoms with Crippen LogP contribution in [0.3, 0.4) is 0 Å². The molecule has 3 rings (SSSR count). The zero-order valence-corrected chi connectivity index (χ0v) is 18.9. The number of amides is 1. The number of hydrogen-bond donors (Lipinski definition) is 2. The summed E-state index contributed by atoms with van der Waals surface area (Å²) in [6.45, 7) is 4.15. The lowest BCUT2D eigenvalue weighted by atomic mass is 10.2. The van der Waals surface area contributed by atoms with Crippen molar-refractivity contribution in [1.82, 2.24) is 14.8 Å². The van der Waals surface area contributed by atoms with Gasteiger partial charge in [0, 0.05) is 11.0 Å². The fourth-order valence-corrected chi connectivity index (χ4v) is 3.88. The Morgan fingerprint density at radius 1 is 1.29 bits per heavy atom. The molecule has 1 aromatic heterocycles. The van der Waals surface area contributed by atoms with Gasteiger partial charge < -0.3 is 15.2 Å². The normalized spacial score (nSPS) is 10.5. The number of phenols is 1. The van der Waals surface area contributed by atoms with Gasteiger partial charge in [0.05, 0.1) is 29.7 Å². The third-order valence-corrected chi connectivity index (χ3v) is 5.63. The van der Waals surface area contributed by atoms with Gasteiger partial charge in [-0.1, -0.05) is 45.9 Å². The molecule has 0 radical (unpaired) electrons. The van der Waals surface area contributed by atoms with Gasteiger partial charge in [-0.2, -0.15) is 0 Å². The molecule has 0 saturated carbocycles. The van der Waals surface area contributed by atoms with Crippen LogP contribution in [-0.2, 0) is 16.1 Å². The Morgan fingerprint density at radius 3 is 2.81 bits per heavy atom. The number of thioether (sulfide) groups is 1. The zero-order chi connectivity index (χ0) is 22.4. The number of halogens is 1. The predicted octanol–water partition coefficient (Wildman–Crippen LogP) is 4.12. The van der Waals surface area contributed by atoms with Crippen LogP contribution in [0, 0.1) is 0 Å². The van der Waals surface area contributed by atoms with Crippen LogP contribution in [0.1, 0.15) is 10.4 Å². The number of phenolic OH excluding ortho intramolecular Hbond substituents is 1. The molecule has 0 aliphatic rings. The number of para-hydroxylation sites is 1. The lowest BCUT2D eigenvalue weighted by molar-refractivity contribution is -0.113. The first-order valence-electron chi connectivity index (χ1n) is 9.07. The summed E-state index contributed by atoms with van der Waals surface area (Å²) in [5.41, 5.74) is 1.14. The Kier molecular flexibility index (Phi) is 7.48. The van der Waals surface area contributed by atoms with Crippen LogP contribution in [0.2, 0.25) is 0 Å². The molecule has 2 aromatic carbocycles. The highest BCUT2D eigenvalue weighted by molar-refractivity contribution is 9.10. The van der Waals surface area contributed by atoms with Crippen LogP contribution in [0.5, 0.6) is 5.75 Å². The highest BCUT2D eigenvalue weighted by Gasteiger charge is 2.19. The molecule has 0 fully saturated rings. The van der Waals surface area contributed by atoms with Crippen molar-refractivity contribution in [1.29, 1.82) is 0 Å². The molecule has 0 unspecified atom stereocenters. The molecule has 10 heteroatoms. The smallest absolute Gasteiger partial charge is 0.339 e. The van der Waals surface area contributed by atoms with E-state index in [9.17, 15) is 14.7 Å². The molecule has 0 aliphatic heterocycles. The Bertz CT molecular complexity index is 1130. The fraction of sp³-hybridized carbons (Fsp3) is 0.143. The number of allylic oxidation sites excluding steroid dienone is 1. The zero-order valence-electron chi connectivity index (χ0n) is 16.5. The Balaban J connectivity index is 1.77. The second kappa shape index (κ2) is 10.3. The van der Waals surface area contributed by atoms with Gasteiger partial charge in [-0.3, -0.25) is 9.36 Å². The van der Waals surface area contributed by atoms with Crippen molar-refractivity contribution < 1.29 is 19.4 Å². The number of carbonyl (C=O) groups is 2. The van der Waals surface area contributed by atoms with Crippen molar-refractivity contribution >= 4 is 45.3 Å². The predicted molar refractivity (Wildman–Crippen MR) is 122 cm³/mol. The molecule has 160 valence electrons. The summed E-state index contributed by atoms with van der Waals surface area (Å²) in [7, 11) is 1.28. The van der Waals surface area contributed by atoms with Crippen LogP contribution in [0.15, 0.2) is 64.7 Å². The quantitative estimate of drug-likeness (QED) is 0.271. The summed E-state index contributed by atoms with van der Waals surface area (Å²) in [6, 6.07) is 11.6. The summed E-state index contributed by atoms with van der Waals surface area (Å²) in [5.74, 6) is -0.295. The Labute approximate surface area is 191 Å². The number of aromatic nitrogens is 3. The third kappa shape index (κ3) is 5.33. The van der Waals surface area contributed by atoms with E-state index in [1.54, 1.807) is 53.1 Å². The van der Waals surface area contributed by atoms with Crippen LogP contribution < -0.4 is 5.32 Å². The van der Waals surface area contributed by atoms with Crippen molar-refractivity contribution in [3.8, 4) is 17.1 Å². The van der Waals surface area contributed by atoms with Crippen molar-refractivity contribution in [2.75, 3.05) is 18.2 Å². The largest absolute Gasteiger partial charge is 0.507 e. The Morgan fingerprint density at radius 2 is 2.06 bits per heavy atom. The molecule has 1 heterocycles. The molecule has 31 heavy (non-hydrogen) atoms. The molecule has 0 atom stereocenters. The minimum atomic E-state index is -0.534. The van der Waals surface area contributed by atoms with Crippen LogP contribution in [0.25, 0.3) is 11.4 Å². The van der Waals surface area contributed by atoms with Crippen molar-refractivity contribution in [2.24, 2.45) is 0 Å². The number of benzene rings is 2. The first-order chi connectivity index (χ1) is 14.9.